The second-order valence-corrected chi connectivity index (χ2v) is 8.85. The van der Waals surface area contributed by atoms with E-state index < -0.39 is 4.92 Å². The normalized spacial score (nSPS) is 21.9. The zero-order valence-electron chi connectivity index (χ0n) is 19.8. The van der Waals surface area contributed by atoms with Crippen molar-refractivity contribution in [2.45, 2.75) is 39.7 Å². The minimum absolute atomic E-state index is 0.0252. The first kappa shape index (κ1) is 22.7. The van der Waals surface area contributed by atoms with E-state index in [9.17, 15) is 10.1 Å². The predicted octanol–water partition coefficient (Wildman–Crippen LogP) is 3.98. The van der Waals surface area contributed by atoms with Crippen LogP contribution in [0.15, 0.2) is 43.0 Å². The molecule has 0 amide bonds. The second kappa shape index (κ2) is 8.95. The maximum Gasteiger partial charge on any atom is 0.269 e. The summed E-state index contributed by atoms with van der Waals surface area (Å²) in [5, 5.41) is 18.5. The minimum atomic E-state index is -0.435. The lowest BCUT2D eigenvalue weighted by Crippen LogP contribution is -2.17. The number of rotatable bonds is 7. The molecule has 4 aromatic rings. The largest absolute Gasteiger partial charge is 0.471 e. The van der Waals surface area contributed by atoms with Gasteiger partial charge in [0, 0.05) is 31.3 Å². The molecule has 0 saturated carbocycles. The Morgan fingerprint density at radius 1 is 1.17 bits per heavy atom. The Balaban J connectivity index is 1.51. The van der Waals surface area contributed by atoms with Crippen LogP contribution in [0.4, 0.5) is 17.3 Å². The van der Waals surface area contributed by atoms with Gasteiger partial charge in [0.15, 0.2) is 11.2 Å². The van der Waals surface area contributed by atoms with E-state index in [0.29, 0.717) is 28.9 Å². The molecule has 1 aliphatic heterocycles. The number of aromatic nitrogens is 6. The van der Waals surface area contributed by atoms with Crippen LogP contribution in [0.2, 0.25) is 0 Å². The maximum atomic E-state index is 10.9. The van der Waals surface area contributed by atoms with Crippen LogP contribution in [0.5, 0.6) is 5.88 Å². The van der Waals surface area contributed by atoms with Gasteiger partial charge in [-0.2, -0.15) is 10.1 Å². The van der Waals surface area contributed by atoms with Gasteiger partial charge < -0.3 is 14.8 Å². The van der Waals surface area contributed by atoms with Crippen molar-refractivity contribution in [2.75, 3.05) is 5.32 Å². The summed E-state index contributed by atoms with van der Waals surface area (Å²) in [7, 11) is 1.84. The number of nitrogens with one attached hydrogen (secondary N) is 1. The van der Waals surface area contributed by atoms with Gasteiger partial charge in [0.2, 0.25) is 11.8 Å². The van der Waals surface area contributed by atoms with Gasteiger partial charge in [0.05, 0.1) is 22.9 Å². The van der Waals surface area contributed by atoms with Crippen LogP contribution in [0.3, 0.4) is 0 Å². The van der Waals surface area contributed by atoms with E-state index >= 15 is 0 Å². The number of benzene rings is 1. The molecule has 0 unspecified atom stereocenters. The van der Waals surface area contributed by atoms with Crippen LogP contribution in [-0.4, -0.2) is 40.3 Å². The third-order valence-electron chi connectivity index (χ3n) is 6.56. The van der Waals surface area contributed by atoms with E-state index in [1.807, 2.05) is 17.8 Å². The molecule has 182 valence electrons. The quantitative estimate of drug-likeness (QED) is 0.309. The van der Waals surface area contributed by atoms with Crippen molar-refractivity contribution in [1.82, 2.24) is 29.3 Å². The molecule has 1 aliphatic rings. The monoisotopic (exact) mass is 478 g/mol. The van der Waals surface area contributed by atoms with E-state index in [4.69, 9.17) is 14.5 Å². The molecular weight excluding hydrogens is 452 g/mol. The molecule has 0 spiro atoms. The Morgan fingerprint density at radius 3 is 2.57 bits per heavy atom. The first-order chi connectivity index (χ1) is 16.8. The van der Waals surface area contributed by atoms with Gasteiger partial charge in [-0.1, -0.05) is 13.8 Å². The standard InChI is InChI=1S/C23H26N8O4/c1-13-14(2)22(35-15(13)3)30-20-19(28-23(30)27-17-9-26-29(4)10-17)21(25-12-24-20)34-11-16-5-7-18(8-6-16)31(32)33/h5-10,12-15,22H,11H2,1-4H3,(H,27,28)/t13-,14+,15+,22+/m0/s1. The number of hydrogen-bond acceptors (Lipinski definition) is 9. The summed E-state index contributed by atoms with van der Waals surface area (Å²) >= 11 is 0. The number of aryl methyl sites for hydroxylation is 1. The van der Waals surface area contributed by atoms with Crippen molar-refractivity contribution in [3.05, 3.63) is 58.7 Å². The van der Waals surface area contributed by atoms with Crippen LogP contribution >= 0.6 is 0 Å². The van der Waals surface area contributed by atoms with E-state index in [1.165, 1.54) is 18.5 Å². The molecule has 0 aliphatic carbocycles. The lowest BCUT2D eigenvalue weighted by Gasteiger charge is -2.20. The molecule has 3 aromatic heterocycles. The van der Waals surface area contributed by atoms with Gasteiger partial charge in [-0.05, 0) is 30.5 Å². The summed E-state index contributed by atoms with van der Waals surface area (Å²) in [5.41, 5.74) is 2.65. The molecule has 5 rings (SSSR count). The Hall–Kier alpha value is -4.06. The van der Waals surface area contributed by atoms with Crippen molar-refractivity contribution >= 4 is 28.5 Å². The summed E-state index contributed by atoms with van der Waals surface area (Å²) in [6, 6.07) is 6.20. The molecule has 0 radical (unpaired) electrons. The van der Waals surface area contributed by atoms with Gasteiger partial charge in [-0.3, -0.25) is 19.4 Å². The highest BCUT2D eigenvalue weighted by Gasteiger charge is 2.40. The number of hydrogen-bond donors (Lipinski definition) is 1. The molecule has 4 heterocycles. The zero-order chi connectivity index (χ0) is 24.7. The number of nitrogens with zero attached hydrogens (tertiary/aromatic N) is 7. The van der Waals surface area contributed by atoms with Crippen LogP contribution in [0.25, 0.3) is 11.2 Å². The van der Waals surface area contributed by atoms with E-state index in [2.05, 4.69) is 41.2 Å². The summed E-state index contributed by atoms with van der Waals surface area (Å²) in [6.45, 7) is 6.58. The number of anilines is 2. The smallest absolute Gasteiger partial charge is 0.269 e. The van der Waals surface area contributed by atoms with Gasteiger partial charge in [0.25, 0.3) is 5.69 Å². The third kappa shape index (κ3) is 4.28. The number of nitro benzene ring substituents is 1. The number of nitro groups is 1. The van der Waals surface area contributed by atoms with Gasteiger partial charge in [0.1, 0.15) is 19.2 Å². The van der Waals surface area contributed by atoms with Gasteiger partial charge in [-0.15, -0.1) is 0 Å². The molecule has 1 N–H and O–H groups in total. The summed E-state index contributed by atoms with van der Waals surface area (Å²) < 4.78 is 16.0. The Kier molecular flexibility index (Phi) is 5.81. The topological polar surface area (TPSA) is 135 Å². The van der Waals surface area contributed by atoms with Crippen molar-refractivity contribution < 1.29 is 14.4 Å². The van der Waals surface area contributed by atoms with Crippen molar-refractivity contribution in [2.24, 2.45) is 18.9 Å². The number of fused-ring (bicyclic) bond motifs is 1. The van der Waals surface area contributed by atoms with Crippen molar-refractivity contribution in [3.63, 3.8) is 0 Å². The number of ether oxygens (including phenoxy) is 2. The molecule has 4 atom stereocenters. The average Bonchev–Trinajstić information content (AvgIpc) is 3.49. The van der Waals surface area contributed by atoms with Crippen LogP contribution in [-0.2, 0) is 18.4 Å². The highest BCUT2D eigenvalue weighted by Crippen LogP contribution is 2.42. The molecule has 35 heavy (non-hydrogen) atoms. The molecule has 1 fully saturated rings. The third-order valence-corrected chi connectivity index (χ3v) is 6.56. The molecule has 0 bridgehead atoms. The fourth-order valence-electron chi connectivity index (χ4n) is 4.25. The number of imidazole rings is 1. The van der Waals surface area contributed by atoms with Crippen molar-refractivity contribution in [1.29, 1.82) is 0 Å². The fourth-order valence-corrected chi connectivity index (χ4v) is 4.25. The Morgan fingerprint density at radius 2 is 1.94 bits per heavy atom. The Labute approximate surface area is 201 Å². The maximum absolute atomic E-state index is 10.9. The first-order valence-electron chi connectivity index (χ1n) is 11.3. The summed E-state index contributed by atoms with van der Waals surface area (Å²) in [4.78, 5) is 24.1. The lowest BCUT2D eigenvalue weighted by molar-refractivity contribution is -0.384. The molecule has 12 nitrogen and oxygen atoms in total. The van der Waals surface area contributed by atoms with Gasteiger partial charge >= 0.3 is 0 Å². The first-order valence-corrected chi connectivity index (χ1v) is 11.3. The number of non-ortho nitro benzene ring substituents is 1. The molecule has 12 heteroatoms. The summed E-state index contributed by atoms with van der Waals surface area (Å²) in [6.07, 6.45) is 4.81. The van der Waals surface area contributed by atoms with Gasteiger partial charge in [-0.25, -0.2) is 9.97 Å². The fraction of sp³-hybridized carbons (Fsp3) is 0.391. The highest BCUT2D eigenvalue weighted by atomic mass is 16.6. The van der Waals surface area contributed by atoms with Crippen LogP contribution in [0, 0.1) is 22.0 Å². The zero-order valence-corrected chi connectivity index (χ0v) is 19.8. The Bertz CT molecular complexity index is 1370. The molecule has 1 saturated heterocycles. The van der Waals surface area contributed by atoms with Crippen molar-refractivity contribution in [3.8, 4) is 5.88 Å². The van der Waals surface area contributed by atoms with E-state index in [-0.39, 0.29) is 30.5 Å². The second-order valence-electron chi connectivity index (χ2n) is 8.85. The summed E-state index contributed by atoms with van der Waals surface area (Å²) in [5.74, 6) is 1.43. The van der Waals surface area contributed by atoms with E-state index in [0.717, 1.165) is 11.3 Å². The average molecular weight is 479 g/mol. The molecule has 1 aromatic carbocycles. The lowest BCUT2D eigenvalue weighted by atomic mass is 9.93. The van der Waals surface area contributed by atoms with Crippen LogP contribution in [0.1, 0.15) is 32.6 Å². The SMILES string of the molecule is C[C@@H]1[C@H](C)[C@@H](C)O[C@H]1n1c(Nc2cnn(C)c2)nc2c(OCc3ccc([N+](=O)[O-])cc3)ncnc21. The predicted molar refractivity (Wildman–Crippen MR) is 127 cm³/mol. The highest BCUT2D eigenvalue weighted by molar-refractivity contribution is 5.80. The molecular formula is C23H26N8O4. The minimum Gasteiger partial charge on any atom is -0.471 e. The van der Waals surface area contributed by atoms with E-state index in [1.54, 1.807) is 23.0 Å². The van der Waals surface area contributed by atoms with Crippen LogP contribution < -0.4 is 10.1 Å².